The van der Waals surface area contributed by atoms with Crippen LogP contribution in [0.5, 0.6) is 0 Å². The molecule has 1 aromatic heterocycles. The molecule has 2 aromatic rings. The van der Waals surface area contributed by atoms with E-state index in [-0.39, 0.29) is 17.1 Å². The molecule has 1 saturated heterocycles. The summed E-state index contributed by atoms with van der Waals surface area (Å²) in [5.74, 6) is -0.349. The Labute approximate surface area is 145 Å². The van der Waals surface area contributed by atoms with Crippen molar-refractivity contribution < 1.29 is 9.18 Å². The molecule has 1 aliphatic rings. The van der Waals surface area contributed by atoms with Gasteiger partial charge in [0, 0.05) is 12.1 Å². The van der Waals surface area contributed by atoms with E-state index in [1.165, 1.54) is 23.5 Å². The highest BCUT2D eigenvalue weighted by Gasteiger charge is 2.27. The van der Waals surface area contributed by atoms with Gasteiger partial charge in [-0.2, -0.15) is 0 Å². The Hall–Kier alpha value is -1.79. The van der Waals surface area contributed by atoms with Gasteiger partial charge in [-0.05, 0) is 62.5 Å². The summed E-state index contributed by atoms with van der Waals surface area (Å²) in [7, 11) is 0. The molecular weight excluding hydrogens is 325 g/mol. The minimum absolute atomic E-state index is 0.0712. The zero-order valence-corrected chi connectivity index (χ0v) is 14.8. The lowest BCUT2D eigenvalue weighted by Gasteiger charge is -2.34. The lowest BCUT2D eigenvalue weighted by molar-refractivity contribution is 0.0925. The van der Waals surface area contributed by atoms with Gasteiger partial charge in [0.25, 0.3) is 5.91 Å². The lowest BCUT2D eigenvalue weighted by Crippen LogP contribution is -2.42. The van der Waals surface area contributed by atoms with Crippen molar-refractivity contribution in [2.24, 2.45) is 5.41 Å². The number of benzene rings is 1. The second kappa shape index (κ2) is 6.99. The van der Waals surface area contributed by atoms with E-state index in [1.807, 2.05) is 6.92 Å². The Morgan fingerprint density at radius 2 is 2.00 bits per heavy atom. The van der Waals surface area contributed by atoms with Crippen LogP contribution in [0.1, 0.15) is 35.1 Å². The molecule has 6 heteroatoms. The van der Waals surface area contributed by atoms with E-state index in [0.29, 0.717) is 17.1 Å². The largest absolute Gasteiger partial charge is 0.351 e. The van der Waals surface area contributed by atoms with Crippen LogP contribution in [0.25, 0.3) is 10.6 Å². The second-order valence-electron chi connectivity index (χ2n) is 6.68. The molecule has 0 unspecified atom stereocenters. The highest BCUT2D eigenvalue weighted by Crippen LogP contribution is 2.29. The van der Waals surface area contributed by atoms with Crippen molar-refractivity contribution in [2.75, 3.05) is 19.6 Å². The van der Waals surface area contributed by atoms with Crippen LogP contribution in [0.3, 0.4) is 0 Å². The van der Waals surface area contributed by atoms with Gasteiger partial charge >= 0.3 is 0 Å². The fraction of sp³-hybridized carbons (Fsp3) is 0.444. The monoisotopic (exact) mass is 347 g/mol. The normalized spacial score (nSPS) is 16.8. The van der Waals surface area contributed by atoms with Crippen LogP contribution < -0.4 is 10.6 Å². The summed E-state index contributed by atoms with van der Waals surface area (Å²) in [6.45, 7) is 6.74. The van der Waals surface area contributed by atoms with Crippen molar-refractivity contribution in [3.63, 3.8) is 0 Å². The van der Waals surface area contributed by atoms with Crippen LogP contribution in [0.15, 0.2) is 24.3 Å². The fourth-order valence-electron chi connectivity index (χ4n) is 2.90. The molecule has 4 nitrogen and oxygen atoms in total. The quantitative estimate of drug-likeness (QED) is 0.891. The van der Waals surface area contributed by atoms with E-state index >= 15 is 0 Å². The van der Waals surface area contributed by atoms with Crippen LogP contribution in [0, 0.1) is 18.2 Å². The maximum atomic E-state index is 13.0. The van der Waals surface area contributed by atoms with Gasteiger partial charge in [-0.3, -0.25) is 4.79 Å². The van der Waals surface area contributed by atoms with Crippen LogP contribution in [0.2, 0.25) is 0 Å². The standard InChI is InChI=1S/C18H22FN3OS/c1-12-15(16(23)21-11-18(2)7-9-20-10-8-18)24-17(22-12)13-3-5-14(19)6-4-13/h3-6,20H,7-11H2,1-2H3,(H,21,23). The van der Waals surface area contributed by atoms with Crippen LogP contribution >= 0.6 is 11.3 Å². The first-order valence-corrected chi connectivity index (χ1v) is 9.01. The summed E-state index contributed by atoms with van der Waals surface area (Å²) < 4.78 is 13.0. The molecule has 0 spiro atoms. The Bertz CT molecular complexity index is 720. The maximum absolute atomic E-state index is 13.0. The first-order valence-electron chi connectivity index (χ1n) is 8.19. The summed E-state index contributed by atoms with van der Waals surface area (Å²) in [5.41, 5.74) is 1.69. The van der Waals surface area contributed by atoms with Crippen LogP contribution in [-0.4, -0.2) is 30.5 Å². The number of nitrogens with one attached hydrogen (secondary N) is 2. The fourth-order valence-corrected chi connectivity index (χ4v) is 3.89. The molecule has 3 rings (SSSR count). The maximum Gasteiger partial charge on any atom is 0.263 e. The van der Waals surface area contributed by atoms with Crippen molar-refractivity contribution in [1.82, 2.24) is 15.6 Å². The SMILES string of the molecule is Cc1nc(-c2ccc(F)cc2)sc1C(=O)NCC1(C)CCNCC1. The predicted molar refractivity (Wildman–Crippen MR) is 94.8 cm³/mol. The molecule has 2 heterocycles. The number of amides is 1. The molecule has 0 bridgehead atoms. The number of aromatic nitrogens is 1. The van der Waals surface area contributed by atoms with Crippen molar-refractivity contribution >= 4 is 17.2 Å². The number of nitrogens with zero attached hydrogens (tertiary/aromatic N) is 1. The zero-order chi connectivity index (χ0) is 17.2. The topological polar surface area (TPSA) is 54.0 Å². The molecule has 24 heavy (non-hydrogen) atoms. The average Bonchev–Trinajstić information content (AvgIpc) is 2.96. The molecule has 0 aliphatic carbocycles. The van der Waals surface area contributed by atoms with Gasteiger partial charge in [-0.1, -0.05) is 6.92 Å². The second-order valence-corrected chi connectivity index (χ2v) is 7.68. The summed E-state index contributed by atoms with van der Waals surface area (Å²) in [4.78, 5) is 17.6. The third kappa shape index (κ3) is 3.82. The van der Waals surface area contributed by atoms with Gasteiger partial charge in [0.2, 0.25) is 0 Å². The lowest BCUT2D eigenvalue weighted by atomic mass is 9.81. The van der Waals surface area contributed by atoms with Crippen molar-refractivity contribution in [3.05, 3.63) is 40.7 Å². The smallest absolute Gasteiger partial charge is 0.263 e. The highest BCUT2D eigenvalue weighted by atomic mass is 32.1. The van der Waals surface area contributed by atoms with E-state index in [4.69, 9.17) is 0 Å². The van der Waals surface area contributed by atoms with E-state index in [2.05, 4.69) is 22.5 Å². The van der Waals surface area contributed by atoms with Crippen molar-refractivity contribution in [3.8, 4) is 10.6 Å². The molecule has 2 N–H and O–H groups in total. The number of thiazole rings is 1. The van der Waals surface area contributed by atoms with Gasteiger partial charge in [-0.25, -0.2) is 9.37 Å². The van der Waals surface area contributed by atoms with Gasteiger partial charge < -0.3 is 10.6 Å². The molecular formula is C18H22FN3OS. The molecule has 1 aromatic carbocycles. The number of carbonyl (C=O) groups excluding carboxylic acids is 1. The van der Waals surface area contributed by atoms with Gasteiger partial charge in [0.1, 0.15) is 15.7 Å². The number of rotatable bonds is 4. The van der Waals surface area contributed by atoms with E-state index in [1.54, 1.807) is 12.1 Å². The Kier molecular flexibility index (Phi) is 4.96. The minimum atomic E-state index is -0.278. The zero-order valence-electron chi connectivity index (χ0n) is 14.0. The van der Waals surface area contributed by atoms with Crippen molar-refractivity contribution in [2.45, 2.75) is 26.7 Å². The molecule has 0 atom stereocenters. The third-order valence-corrected chi connectivity index (χ3v) is 5.79. The molecule has 128 valence electrons. The number of piperidine rings is 1. The van der Waals surface area contributed by atoms with Crippen molar-refractivity contribution in [1.29, 1.82) is 0 Å². The first kappa shape index (κ1) is 17.0. The summed E-state index contributed by atoms with van der Waals surface area (Å²) in [5, 5.41) is 7.16. The average molecular weight is 347 g/mol. The highest BCUT2D eigenvalue weighted by molar-refractivity contribution is 7.17. The molecule has 1 amide bonds. The van der Waals surface area contributed by atoms with E-state index < -0.39 is 0 Å². The molecule has 1 fully saturated rings. The number of halogens is 1. The molecule has 0 saturated carbocycles. The number of hydrogen-bond acceptors (Lipinski definition) is 4. The third-order valence-electron chi connectivity index (χ3n) is 4.58. The summed E-state index contributed by atoms with van der Waals surface area (Å²) in [6.07, 6.45) is 2.13. The van der Waals surface area contributed by atoms with Gasteiger partial charge in [-0.15, -0.1) is 11.3 Å². The number of hydrogen-bond donors (Lipinski definition) is 2. The predicted octanol–water partition coefficient (Wildman–Crippen LogP) is 3.38. The molecule has 1 aliphatic heterocycles. The van der Waals surface area contributed by atoms with Gasteiger partial charge in [0.05, 0.1) is 5.69 Å². The summed E-state index contributed by atoms with van der Waals surface area (Å²) in [6, 6.07) is 6.18. The minimum Gasteiger partial charge on any atom is -0.351 e. The number of carbonyl (C=O) groups is 1. The summed E-state index contributed by atoms with van der Waals surface area (Å²) >= 11 is 1.35. The number of aryl methyl sites for hydroxylation is 1. The Morgan fingerprint density at radius 3 is 2.67 bits per heavy atom. The van der Waals surface area contributed by atoms with E-state index in [9.17, 15) is 9.18 Å². The van der Waals surface area contributed by atoms with Gasteiger partial charge in [0.15, 0.2) is 0 Å². The molecule has 0 radical (unpaired) electrons. The van der Waals surface area contributed by atoms with Crippen LogP contribution in [0.4, 0.5) is 4.39 Å². The van der Waals surface area contributed by atoms with E-state index in [0.717, 1.165) is 36.5 Å². The van der Waals surface area contributed by atoms with Crippen LogP contribution in [-0.2, 0) is 0 Å². The first-order chi connectivity index (χ1) is 11.5. The Balaban J connectivity index is 1.70. The Morgan fingerprint density at radius 1 is 1.33 bits per heavy atom.